The Hall–Kier alpha value is -0.770. The van der Waals surface area contributed by atoms with Crippen molar-refractivity contribution in [3.63, 3.8) is 0 Å². The summed E-state index contributed by atoms with van der Waals surface area (Å²) in [5.74, 6) is 0. The fraction of sp³-hybridized carbons (Fsp3) is 0.889. The summed E-state index contributed by atoms with van der Waals surface area (Å²) in [6.07, 6.45) is 2.73. The molecule has 0 aromatic rings. The second-order valence-electron chi connectivity index (χ2n) is 3.07. The van der Waals surface area contributed by atoms with Gasteiger partial charge in [-0.05, 0) is 26.2 Å². The molecule has 0 radical (unpaired) electrons. The summed E-state index contributed by atoms with van der Waals surface area (Å²) in [7, 11) is 1.40. The van der Waals surface area contributed by atoms with Crippen molar-refractivity contribution in [1.29, 1.82) is 0 Å². The average molecular weight is 187 g/mol. The summed E-state index contributed by atoms with van der Waals surface area (Å²) in [4.78, 5) is 12.9. The third-order valence-corrected chi connectivity index (χ3v) is 2.22. The molecule has 0 aromatic carbocycles. The van der Waals surface area contributed by atoms with E-state index in [-0.39, 0.29) is 12.3 Å². The molecule has 1 unspecified atom stereocenters. The third kappa shape index (κ3) is 2.59. The molecule has 0 aromatic heterocycles. The SMILES string of the molecule is CCOC1CCCCN1C(=O)OC. The summed E-state index contributed by atoms with van der Waals surface area (Å²) in [6.45, 7) is 3.32. The fourth-order valence-corrected chi connectivity index (χ4v) is 1.59. The van der Waals surface area contributed by atoms with Gasteiger partial charge in [0, 0.05) is 13.2 Å². The number of ether oxygens (including phenoxy) is 2. The lowest BCUT2D eigenvalue weighted by Gasteiger charge is -2.33. The summed E-state index contributed by atoms with van der Waals surface area (Å²) >= 11 is 0. The molecule has 0 N–H and O–H groups in total. The topological polar surface area (TPSA) is 38.8 Å². The molecular formula is C9H17NO3. The zero-order chi connectivity index (χ0) is 9.68. The predicted octanol–water partition coefficient (Wildman–Crippen LogP) is 1.60. The van der Waals surface area contributed by atoms with E-state index in [1.54, 1.807) is 4.90 Å². The lowest BCUT2D eigenvalue weighted by molar-refractivity contribution is -0.0644. The minimum absolute atomic E-state index is 0.0776. The highest BCUT2D eigenvalue weighted by Gasteiger charge is 2.27. The van der Waals surface area contributed by atoms with E-state index in [1.165, 1.54) is 7.11 Å². The minimum Gasteiger partial charge on any atom is -0.453 e. The molecule has 1 amide bonds. The van der Waals surface area contributed by atoms with Gasteiger partial charge in [0.2, 0.25) is 0 Å². The number of nitrogens with zero attached hydrogens (tertiary/aromatic N) is 1. The van der Waals surface area contributed by atoms with Gasteiger partial charge < -0.3 is 9.47 Å². The van der Waals surface area contributed by atoms with Gasteiger partial charge in [-0.25, -0.2) is 4.79 Å². The number of hydrogen-bond acceptors (Lipinski definition) is 3. The van der Waals surface area contributed by atoms with E-state index >= 15 is 0 Å². The van der Waals surface area contributed by atoms with Crippen LogP contribution in [0, 0.1) is 0 Å². The maximum absolute atomic E-state index is 11.3. The molecule has 76 valence electrons. The van der Waals surface area contributed by atoms with Crippen LogP contribution in [-0.4, -0.2) is 37.5 Å². The maximum Gasteiger partial charge on any atom is 0.411 e. The van der Waals surface area contributed by atoms with Gasteiger partial charge >= 0.3 is 6.09 Å². The van der Waals surface area contributed by atoms with Gasteiger partial charge in [-0.2, -0.15) is 0 Å². The van der Waals surface area contributed by atoms with E-state index in [1.807, 2.05) is 6.92 Å². The molecule has 0 saturated carbocycles. The fourth-order valence-electron chi connectivity index (χ4n) is 1.59. The molecule has 0 bridgehead atoms. The number of carbonyl (C=O) groups is 1. The van der Waals surface area contributed by atoms with Gasteiger partial charge in [-0.3, -0.25) is 4.90 Å². The van der Waals surface area contributed by atoms with Crippen molar-refractivity contribution < 1.29 is 14.3 Å². The number of methoxy groups -OCH3 is 1. The summed E-state index contributed by atoms with van der Waals surface area (Å²) < 4.78 is 10.1. The van der Waals surface area contributed by atoms with E-state index in [0.29, 0.717) is 6.61 Å². The quantitative estimate of drug-likeness (QED) is 0.659. The first-order valence-electron chi connectivity index (χ1n) is 4.75. The Balaban J connectivity index is 2.50. The molecule has 1 atom stereocenters. The molecule has 1 heterocycles. The van der Waals surface area contributed by atoms with Gasteiger partial charge in [0.15, 0.2) is 0 Å². The van der Waals surface area contributed by atoms with E-state index in [0.717, 1.165) is 25.8 Å². The van der Waals surface area contributed by atoms with Crippen LogP contribution < -0.4 is 0 Å². The largest absolute Gasteiger partial charge is 0.453 e. The first-order chi connectivity index (χ1) is 6.29. The monoisotopic (exact) mass is 187 g/mol. The van der Waals surface area contributed by atoms with E-state index in [2.05, 4.69) is 4.74 Å². The Labute approximate surface area is 78.8 Å². The second kappa shape index (κ2) is 5.07. The van der Waals surface area contributed by atoms with Crippen LogP contribution in [0.1, 0.15) is 26.2 Å². The van der Waals surface area contributed by atoms with Gasteiger partial charge in [0.25, 0.3) is 0 Å². The molecule has 4 nitrogen and oxygen atoms in total. The van der Waals surface area contributed by atoms with Crippen LogP contribution in [0.25, 0.3) is 0 Å². The minimum atomic E-state index is -0.279. The predicted molar refractivity (Wildman–Crippen MR) is 48.4 cm³/mol. The van der Waals surface area contributed by atoms with Crippen molar-refractivity contribution in [3.05, 3.63) is 0 Å². The molecule has 1 saturated heterocycles. The number of rotatable bonds is 2. The number of carbonyl (C=O) groups excluding carboxylic acids is 1. The first kappa shape index (κ1) is 10.3. The Kier molecular flexibility index (Phi) is 4.02. The van der Waals surface area contributed by atoms with E-state index < -0.39 is 0 Å². The Morgan fingerprint density at radius 1 is 1.54 bits per heavy atom. The maximum atomic E-state index is 11.3. The van der Waals surface area contributed by atoms with Gasteiger partial charge in [0.05, 0.1) is 7.11 Å². The lowest BCUT2D eigenvalue weighted by Crippen LogP contribution is -2.45. The van der Waals surface area contributed by atoms with Gasteiger partial charge in [0.1, 0.15) is 6.23 Å². The van der Waals surface area contributed by atoms with Crippen molar-refractivity contribution in [1.82, 2.24) is 4.90 Å². The van der Waals surface area contributed by atoms with Crippen LogP contribution in [0.3, 0.4) is 0 Å². The van der Waals surface area contributed by atoms with Gasteiger partial charge in [-0.15, -0.1) is 0 Å². The van der Waals surface area contributed by atoms with Crippen molar-refractivity contribution in [2.45, 2.75) is 32.4 Å². The zero-order valence-corrected chi connectivity index (χ0v) is 8.28. The van der Waals surface area contributed by atoms with E-state index in [9.17, 15) is 4.79 Å². The standard InChI is InChI=1S/C9H17NO3/c1-3-13-8-6-4-5-7-10(8)9(11)12-2/h8H,3-7H2,1-2H3. The van der Waals surface area contributed by atoms with E-state index in [4.69, 9.17) is 4.74 Å². The van der Waals surface area contributed by atoms with Crippen molar-refractivity contribution >= 4 is 6.09 Å². The summed E-state index contributed by atoms with van der Waals surface area (Å²) in [6, 6.07) is 0. The number of likely N-dealkylation sites (tertiary alicyclic amines) is 1. The van der Waals surface area contributed by atoms with Gasteiger partial charge in [-0.1, -0.05) is 0 Å². The smallest absolute Gasteiger partial charge is 0.411 e. The highest BCUT2D eigenvalue weighted by atomic mass is 16.6. The highest BCUT2D eigenvalue weighted by Crippen LogP contribution is 2.18. The molecule has 1 fully saturated rings. The molecule has 0 spiro atoms. The van der Waals surface area contributed by atoms with Crippen LogP contribution in [0.2, 0.25) is 0 Å². The molecule has 1 aliphatic heterocycles. The molecule has 0 aliphatic carbocycles. The zero-order valence-electron chi connectivity index (χ0n) is 8.28. The Morgan fingerprint density at radius 3 is 2.92 bits per heavy atom. The normalized spacial score (nSPS) is 22.9. The summed E-state index contributed by atoms with van der Waals surface area (Å²) in [5, 5.41) is 0. The van der Waals surface area contributed by atoms with Crippen LogP contribution in [-0.2, 0) is 9.47 Å². The van der Waals surface area contributed by atoms with Crippen LogP contribution in [0.5, 0.6) is 0 Å². The van der Waals surface area contributed by atoms with Crippen molar-refractivity contribution in [2.75, 3.05) is 20.3 Å². The van der Waals surface area contributed by atoms with Crippen LogP contribution in [0.15, 0.2) is 0 Å². The molecule has 1 aliphatic rings. The highest BCUT2D eigenvalue weighted by molar-refractivity contribution is 5.67. The number of hydrogen-bond donors (Lipinski definition) is 0. The third-order valence-electron chi connectivity index (χ3n) is 2.22. The first-order valence-corrected chi connectivity index (χ1v) is 4.75. The second-order valence-corrected chi connectivity index (χ2v) is 3.07. The Morgan fingerprint density at radius 2 is 2.31 bits per heavy atom. The van der Waals surface area contributed by atoms with Crippen molar-refractivity contribution in [2.24, 2.45) is 0 Å². The summed E-state index contributed by atoms with van der Waals surface area (Å²) in [5.41, 5.74) is 0. The molecule has 1 rings (SSSR count). The van der Waals surface area contributed by atoms with Crippen LogP contribution in [0.4, 0.5) is 4.79 Å². The van der Waals surface area contributed by atoms with Crippen LogP contribution >= 0.6 is 0 Å². The molecular weight excluding hydrogens is 170 g/mol. The number of piperidine rings is 1. The Bertz CT molecular complexity index is 170. The number of amides is 1. The molecule has 13 heavy (non-hydrogen) atoms. The molecule has 4 heteroatoms. The lowest BCUT2D eigenvalue weighted by atomic mass is 10.1. The van der Waals surface area contributed by atoms with Crippen molar-refractivity contribution in [3.8, 4) is 0 Å². The average Bonchev–Trinajstić information content (AvgIpc) is 2.18.